The first-order chi connectivity index (χ1) is 7.72. The first-order valence-electron chi connectivity index (χ1n) is 4.95. The van der Waals surface area contributed by atoms with Gasteiger partial charge in [0.05, 0.1) is 4.88 Å². The molecule has 0 atom stereocenters. The van der Waals surface area contributed by atoms with E-state index in [0.717, 1.165) is 16.0 Å². The van der Waals surface area contributed by atoms with Crippen LogP contribution in [-0.2, 0) is 0 Å². The Morgan fingerprint density at radius 2 is 1.88 bits per heavy atom. The van der Waals surface area contributed by atoms with Crippen molar-refractivity contribution in [1.29, 1.82) is 0 Å². The Morgan fingerprint density at radius 3 is 2.44 bits per heavy atom. The second-order valence-electron chi connectivity index (χ2n) is 3.45. The fourth-order valence-electron chi connectivity index (χ4n) is 1.58. The molecule has 0 aliphatic carbocycles. The number of ketones is 1. The van der Waals surface area contributed by atoms with E-state index in [-0.39, 0.29) is 5.78 Å². The van der Waals surface area contributed by atoms with Crippen molar-refractivity contribution in [2.24, 2.45) is 0 Å². The molecule has 3 heteroatoms. The number of hydrogen-bond acceptors (Lipinski definition) is 3. The van der Waals surface area contributed by atoms with Crippen LogP contribution in [0.15, 0.2) is 40.6 Å². The van der Waals surface area contributed by atoms with Gasteiger partial charge < -0.3 is 0 Å². The van der Waals surface area contributed by atoms with E-state index in [1.165, 1.54) is 16.2 Å². The first kappa shape index (κ1) is 11.4. The van der Waals surface area contributed by atoms with E-state index in [9.17, 15) is 4.79 Å². The van der Waals surface area contributed by atoms with Crippen LogP contribution in [0.3, 0.4) is 0 Å². The molecule has 0 unspecified atom stereocenters. The lowest BCUT2D eigenvalue weighted by molar-refractivity contribution is 0.102. The Morgan fingerprint density at radius 1 is 1.19 bits per heavy atom. The summed E-state index contributed by atoms with van der Waals surface area (Å²) >= 11 is 3.23. The number of thiophene rings is 1. The molecule has 0 aliphatic heterocycles. The summed E-state index contributed by atoms with van der Waals surface area (Å²) in [6, 6.07) is 10.3. The SMILES string of the molecule is CSc1ccc(-c2ccsc2C(C)=O)cc1. The van der Waals surface area contributed by atoms with E-state index in [1.807, 2.05) is 11.4 Å². The summed E-state index contributed by atoms with van der Waals surface area (Å²) in [6.45, 7) is 1.62. The molecule has 0 spiro atoms. The van der Waals surface area contributed by atoms with Gasteiger partial charge in [-0.05, 0) is 42.3 Å². The third kappa shape index (κ3) is 2.20. The van der Waals surface area contributed by atoms with Gasteiger partial charge in [-0.1, -0.05) is 12.1 Å². The van der Waals surface area contributed by atoms with Crippen molar-refractivity contribution in [1.82, 2.24) is 0 Å². The van der Waals surface area contributed by atoms with Gasteiger partial charge in [-0.3, -0.25) is 4.79 Å². The fourth-order valence-corrected chi connectivity index (χ4v) is 2.81. The smallest absolute Gasteiger partial charge is 0.170 e. The molecule has 1 heterocycles. The monoisotopic (exact) mass is 248 g/mol. The molecule has 1 aromatic carbocycles. The van der Waals surface area contributed by atoms with Gasteiger partial charge in [0.15, 0.2) is 5.78 Å². The lowest BCUT2D eigenvalue weighted by atomic mass is 10.1. The first-order valence-corrected chi connectivity index (χ1v) is 7.05. The molecule has 0 N–H and O–H groups in total. The van der Waals surface area contributed by atoms with E-state index < -0.39 is 0 Å². The summed E-state index contributed by atoms with van der Waals surface area (Å²) in [6.07, 6.45) is 2.06. The van der Waals surface area contributed by atoms with Crippen molar-refractivity contribution < 1.29 is 4.79 Å². The molecule has 82 valence electrons. The highest BCUT2D eigenvalue weighted by Gasteiger charge is 2.10. The average Bonchev–Trinajstić information content (AvgIpc) is 2.78. The molecular weight excluding hydrogens is 236 g/mol. The Kier molecular flexibility index (Phi) is 3.46. The van der Waals surface area contributed by atoms with Gasteiger partial charge in [0.25, 0.3) is 0 Å². The number of carbonyl (C=O) groups excluding carboxylic acids is 1. The standard InChI is InChI=1S/C13H12OS2/c1-9(14)13-12(7-8-16-13)10-3-5-11(15-2)6-4-10/h3-8H,1-2H3. The van der Waals surface area contributed by atoms with Gasteiger partial charge in [0, 0.05) is 10.5 Å². The summed E-state index contributed by atoms with van der Waals surface area (Å²) in [5.41, 5.74) is 2.16. The van der Waals surface area contributed by atoms with Crippen molar-refractivity contribution >= 4 is 28.9 Å². The van der Waals surface area contributed by atoms with Gasteiger partial charge in [0.2, 0.25) is 0 Å². The van der Waals surface area contributed by atoms with Crippen LogP contribution >= 0.6 is 23.1 Å². The highest BCUT2D eigenvalue weighted by atomic mass is 32.2. The molecule has 0 amide bonds. The van der Waals surface area contributed by atoms with Gasteiger partial charge in [-0.25, -0.2) is 0 Å². The third-order valence-corrected chi connectivity index (χ3v) is 4.14. The summed E-state index contributed by atoms with van der Waals surface area (Å²) in [4.78, 5) is 13.5. The normalized spacial score (nSPS) is 10.4. The zero-order chi connectivity index (χ0) is 11.5. The van der Waals surface area contributed by atoms with Gasteiger partial charge in [-0.15, -0.1) is 23.1 Å². The number of rotatable bonds is 3. The van der Waals surface area contributed by atoms with Crippen LogP contribution in [0.4, 0.5) is 0 Å². The van der Waals surface area contributed by atoms with Crippen LogP contribution in [0.2, 0.25) is 0 Å². The van der Waals surface area contributed by atoms with Gasteiger partial charge in [-0.2, -0.15) is 0 Å². The molecule has 2 rings (SSSR count). The molecule has 0 aliphatic rings. The lowest BCUT2D eigenvalue weighted by Gasteiger charge is -2.02. The van der Waals surface area contributed by atoms with Crippen LogP contribution in [0, 0.1) is 0 Å². The Labute approximate surface area is 104 Å². The summed E-state index contributed by atoms with van der Waals surface area (Å²) in [5, 5.41) is 1.97. The summed E-state index contributed by atoms with van der Waals surface area (Å²) in [7, 11) is 0. The van der Waals surface area contributed by atoms with E-state index in [0.29, 0.717) is 0 Å². The zero-order valence-corrected chi connectivity index (χ0v) is 10.8. The Hall–Kier alpha value is -1.06. The minimum Gasteiger partial charge on any atom is -0.294 e. The van der Waals surface area contributed by atoms with Crippen LogP contribution in [0.5, 0.6) is 0 Å². The van der Waals surface area contributed by atoms with Crippen LogP contribution in [0.25, 0.3) is 11.1 Å². The average molecular weight is 248 g/mol. The zero-order valence-electron chi connectivity index (χ0n) is 9.19. The molecule has 0 saturated heterocycles. The maximum atomic E-state index is 11.4. The van der Waals surface area contributed by atoms with Crippen molar-refractivity contribution in [3.8, 4) is 11.1 Å². The molecule has 0 bridgehead atoms. The van der Waals surface area contributed by atoms with Crippen molar-refractivity contribution in [3.63, 3.8) is 0 Å². The predicted molar refractivity (Wildman–Crippen MR) is 71.5 cm³/mol. The number of thioether (sulfide) groups is 1. The Balaban J connectivity index is 2.42. The molecule has 16 heavy (non-hydrogen) atoms. The van der Waals surface area contributed by atoms with Crippen molar-refractivity contribution in [3.05, 3.63) is 40.6 Å². The predicted octanol–water partition coefficient (Wildman–Crippen LogP) is 4.34. The van der Waals surface area contributed by atoms with Crippen LogP contribution < -0.4 is 0 Å². The highest BCUT2D eigenvalue weighted by molar-refractivity contribution is 7.98. The van der Waals surface area contributed by atoms with E-state index >= 15 is 0 Å². The van der Waals surface area contributed by atoms with Gasteiger partial charge in [0.1, 0.15) is 0 Å². The van der Waals surface area contributed by atoms with Crippen molar-refractivity contribution in [2.75, 3.05) is 6.26 Å². The number of Topliss-reactive ketones (excluding diaryl/α,β-unsaturated/α-hetero) is 1. The molecule has 0 radical (unpaired) electrons. The van der Waals surface area contributed by atoms with Crippen LogP contribution in [0.1, 0.15) is 16.6 Å². The molecular formula is C13H12OS2. The maximum Gasteiger partial charge on any atom is 0.170 e. The number of carbonyl (C=O) groups is 1. The number of hydrogen-bond donors (Lipinski definition) is 0. The Bertz CT molecular complexity index is 497. The molecule has 0 fully saturated rings. The van der Waals surface area contributed by atoms with Crippen LogP contribution in [-0.4, -0.2) is 12.0 Å². The van der Waals surface area contributed by atoms with E-state index in [2.05, 4.69) is 30.5 Å². The van der Waals surface area contributed by atoms with E-state index in [1.54, 1.807) is 18.7 Å². The molecule has 1 nitrogen and oxygen atoms in total. The summed E-state index contributed by atoms with van der Waals surface area (Å²) < 4.78 is 0. The minimum absolute atomic E-state index is 0.138. The second-order valence-corrected chi connectivity index (χ2v) is 5.24. The third-order valence-electron chi connectivity index (χ3n) is 2.39. The van der Waals surface area contributed by atoms with E-state index in [4.69, 9.17) is 0 Å². The minimum atomic E-state index is 0.138. The van der Waals surface area contributed by atoms with Crippen molar-refractivity contribution in [2.45, 2.75) is 11.8 Å². The molecule has 2 aromatic rings. The second kappa shape index (κ2) is 4.85. The maximum absolute atomic E-state index is 11.4. The fraction of sp³-hybridized carbons (Fsp3) is 0.154. The van der Waals surface area contributed by atoms with Gasteiger partial charge >= 0.3 is 0 Å². The molecule has 0 saturated carbocycles. The topological polar surface area (TPSA) is 17.1 Å². The quantitative estimate of drug-likeness (QED) is 0.593. The lowest BCUT2D eigenvalue weighted by Crippen LogP contribution is -1.89. The number of benzene rings is 1. The highest BCUT2D eigenvalue weighted by Crippen LogP contribution is 2.29. The summed E-state index contributed by atoms with van der Waals surface area (Å²) in [5.74, 6) is 0.138. The largest absolute Gasteiger partial charge is 0.294 e. The molecule has 1 aromatic heterocycles.